The van der Waals surface area contributed by atoms with Crippen molar-refractivity contribution in [1.82, 2.24) is 0 Å². The first-order valence-electron chi connectivity index (χ1n) is 0.873. The summed E-state index contributed by atoms with van der Waals surface area (Å²) in [5.41, 5.74) is 0. The molecule has 0 aliphatic carbocycles. The van der Waals surface area contributed by atoms with E-state index in [-0.39, 0.29) is 49.9 Å². The Bertz CT molecular complexity index is 35.0. The van der Waals surface area contributed by atoms with Crippen LogP contribution in [-0.4, -0.2) is 40.1 Å². The van der Waals surface area contributed by atoms with E-state index in [0.717, 1.165) is 0 Å². The molecule has 0 heterocycles. The Morgan fingerprint density at radius 2 is 0.500 bits per heavy atom. The van der Waals surface area contributed by atoms with Crippen LogP contribution in [-0.2, 0) is 17.1 Å². The van der Waals surface area contributed by atoms with Crippen LogP contribution in [0.15, 0.2) is 0 Å². The van der Waals surface area contributed by atoms with Gasteiger partial charge < -0.3 is 50.1 Å². The Balaban J connectivity index is -0.00000000381. The zero-order chi connectivity index (χ0) is 4.50. The molecule has 12 heteroatoms. The average molecular weight is 251 g/mol. The topological polar surface area (TPSA) is 189 Å². The van der Waals surface area contributed by atoms with Gasteiger partial charge in [-0.3, -0.25) is 0 Å². The molecular weight excluding hydrogens is 239 g/mol. The third-order valence-corrected chi connectivity index (χ3v) is 0. The first-order chi connectivity index (χ1) is 2.00. The zero-order valence-corrected chi connectivity index (χ0v) is 6.55. The summed E-state index contributed by atoms with van der Waals surface area (Å²) in [6.45, 7) is 0. The molecule has 0 aromatic rings. The molecule has 0 saturated carbocycles. The predicted molar refractivity (Wildman–Crippen MR) is 31.9 cm³/mol. The standard InChI is InChI=1S/BF4.Fe.6H2O/c2-1(3,4)5;;;;;;;/h;;6*1H2/q-1;;;;;;;. The summed E-state index contributed by atoms with van der Waals surface area (Å²) >= 11 is 0. The summed E-state index contributed by atoms with van der Waals surface area (Å²) < 4.78 is 39.0. The second-order valence-corrected chi connectivity index (χ2v) is 0.495. The molecule has 0 aromatic heterocycles. The maximum Gasteiger partial charge on any atom is 0.673 e. The summed E-state index contributed by atoms with van der Waals surface area (Å²) in [7, 11) is -6.00. The van der Waals surface area contributed by atoms with E-state index >= 15 is 0 Å². The smallest absolute Gasteiger partial charge is 0.418 e. The van der Waals surface area contributed by atoms with E-state index in [2.05, 4.69) is 0 Å². The summed E-state index contributed by atoms with van der Waals surface area (Å²) in [5.74, 6) is 0. The van der Waals surface area contributed by atoms with Gasteiger partial charge in [-0.25, -0.2) is 0 Å². The van der Waals surface area contributed by atoms with Crippen LogP contribution in [0.4, 0.5) is 17.3 Å². The van der Waals surface area contributed by atoms with E-state index in [1.165, 1.54) is 0 Å². The normalized spacial score (nSPS) is 5.00. The van der Waals surface area contributed by atoms with Gasteiger partial charge in [-0.05, 0) is 0 Å². The van der Waals surface area contributed by atoms with E-state index in [0.29, 0.717) is 0 Å². The number of halogens is 4. The van der Waals surface area contributed by atoms with Gasteiger partial charge in [-0.2, -0.15) is 0 Å². The molecule has 0 saturated heterocycles. The fourth-order valence-corrected chi connectivity index (χ4v) is 0. The quantitative estimate of drug-likeness (QED) is 0.303. The predicted octanol–water partition coefficient (Wildman–Crippen LogP) is -3.65. The Morgan fingerprint density at radius 3 is 0.500 bits per heavy atom. The minimum Gasteiger partial charge on any atom is -0.418 e. The molecule has 0 rings (SSSR count). The number of hydrogen-bond acceptors (Lipinski definition) is 0. The van der Waals surface area contributed by atoms with Crippen LogP contribution in [0.2, 0.25) is 0 Å². The molecule has 0 radical (unpaired) electrons. The summed E-state index contributed by atoms with van der Waals surface area (Å²) in [4.78, 5) is 0. The minimum absolute atomic E-state index is 0. The van der Waals surface area contributed by atoms with Crippen molar-refractivity contribution in [1.29, 1.82) is 0 Å². The van der Waals surface area contributed by atoms with Crippen molar-refractivity contribution in [3.63, 3.8) is 0 Å². The second kappa shape index (κ2) is 30.5. The van der Waals surface area contributed by atoms with Gasteiger partial charge in [0.2, 0.25) is 0 Å². The van der Waals surface area contributed by atoms with Gasteiger partial charge in [-0.15, -0.1) is 0 Å². The fourth-order valence-electron chi connectivity index (χ4n) is 0. The molecule has 0 amide bonds. The molecule has 0 aliphatic rings. The van der Waals surface area contributed by atoms with Crippen LogP contribution in [0.3, 0.4) is 0 Å². The van der Waals surface area contributed by atoms with Crippen molar-refractivity contribution in [2.45, 2.75) is 0 Å². The summed E-state index contributed by atoms with van der Waals surface area (Å²) in [6.07, 6.45) is 0. The molecule has 0 bridgehead atoms. The van der Waals surface area contributed by atoms with Crippen molar-refractivity contribution in [2.24, 2.45) is 0 Å². The Labute approximate surface area is 75.4 Å². The molecule has 0 spiro atoms. The first-order valence-corrected chi connectivity index (χ1v) is 0.873. The van der Waals surface area contributed by atoms with Gasteiger partial charge >= 0.3 is 7.25 Å². The van der Waals surface area contributed by atoms with Crippen molar-refractivity contribution in [3.8, 4) is 0 Å². The minimum atomic E-state index is -6.00. The summed E-state index contributed by atoms with van der Waals surface area (Å²) in [6, 6.07) is 0. The first kappa shape index (κ1) is 89.4. The SMILES string of the molecule is F[B-](F)(F)F.O.O.O.O.O.O.[Fe]. The molecule has 0 aromatic carbocycles. The van der Waals surface area contributed by atoms with E-state index in [9.17, 15) is 17.3 Å². The van der Waals surface area contributed by atoms with Crippen LogP contribution < -0.4 is 0 Å². The van der Waals surface area contributed by atoms with Gasteiger partial charge in [0.15, 0.2) is 0 Å². The van der Waals surface area contributed by atoms with Gasteiger partial charge in [0.05, 0.1) is 0 Å². The van der Waals surface area contributed by atoms with E-state index in [4.69, 9.17) is 0 Å². The van der Waals surface area contributed by atoms with Gasteiger partial charge in [0.25, 0.3) is 0 Å². The number of hydrogen-bond donors (Lipinski definition) is 0. The average Bonchev–Trinajstić information content (AvgIpc) is 0.722. The Kier molecular flexibility index (Phi) is 227. The zero-order valence-electron chi connectivity index (χ0n) is 5.44. The maximum atomic E-state index is 9.75. The summed E-state index contributed by atoms with van der Waals surface area (Å²) in [5, 5.41) is 0. The Hall–Kier alpha value is 0.0644. The molecule has 12 N–H and O–H groups in total. The molecule has 0 atom stereocenters. The van der Waals surface area contributed by atoms with Gasteiger partial charge in [-0.1, -0.05) is 0 Å². The monoisotopic (exact) mass is 251 g/mol. The molecule has 0 fully saturated rings. The Morgan fingerprint density at radius 1 is 0.500 bits per heavy atom. The van der Waals surface area contributed by atoms with E-state index in [1.807, 2.05) is 0 Å². The fraction of sp³-hybridized carbons (Fsp3) is 0. The molecule has 12 heavy (non-hydrogen) atoms. The number of rotatable bonds is 0. The van der Waals surface area contributed by atoms with Gasteiger partial charge in [0, 0.05) is 17.1 Å². The molecule has 88 valence electrons. The van der Waals surface area contributed by atoms with Crippen LogP contribution in [0, 0.1) is 0 Å². The molecule has 0 unspecified atom stereocenters. The third-order valence-electron chi connectivity index (χ3n) is 0. The van der Waals surface area contributed by atoms with E-state index < -0.39 is 7.25 Å². The van der Waals surface area contributed by atoms with Crippen molar-refractivity contribution < 1.29 is 67.2 Å². The van der Waals surface area contributed by atoms with Crippen molar-refractivity contribution >= 4 is 7.25 Å². The van der Waals surface area contributed by atoms with Crippen molar-refractivity contribution in [2.75, 3.05) is 0 Å². The van der Waals surface area contributed by atoms with Crippen LogP contribution >= 0.6 is 0 Å². The van der Waals surface area contributed by atoms with Crippen molar-refractivity contribution in [3.05, 3.63) is 0 Å². The maximum absolute atomic E-state index is 9.75. The van der Waals surface area contributed by atoms with Crippen LogP contribution in [0.1, 0.15) is 0 Å². The largest absolute Gasteiger partial charge is 0.673 e. The van der Waals surface area contributed by atoms with Crippen LogP contribution in [0.5, 0.6) is 0 Å². The van der Waals surface area contributed by atoms with Gasteiger partial charge in [0.1, 0.15) is 0 Å². The molecule has 0 aliphatic heterocycles. The van der Waals surface area contributed by atoms with Crippen LogP contribution in [0.25, 0.3) is 0 Å². The third kappa shape index (κ3) is 199000. The van der Waals surface area contributed by atoms with E-state index in [1.54, 1.807) is 0 Å². The molecule has 6 nitrogen and oxygen atoms in total. The molecular formula is H12BF4FeO6-. The second-order valence-electron chi connectivity index (χ2n) is 0.495.